The highest BCUT2D eigenvalue weighted by atomic mass is 16.6. The molecule has 7 heteroatoms. The minimum Gasteiger partial charge on any atom is -0.465 e. The van der Waals surface area contributed by atoms with E-state index in [2.05, 4.69) is 10.3 Å². The molecule has 96 valence electrons. The highest BCUT2D eigenvalue weighted by Gasteiger charge is 2.12. The monoisotopic (exact) mass is 258 g/mol. The van der Waals surface area contributed by atoms with E-state index in [0.717, 1.165) is 12.0 Å². The Balaban J connectivity index is 2.16. The zero-order valence-corrected chi connectivity index (χ0v) is 10.1. The van der Waals surface area contributed by atoms with Gasteiger partial charge < -0.3 is 9.73 Å². The first kappa shape index (κ1) is 12.6. The van der Waals surface area contributed by atoms with E-state index in [4.69, 9.17) is 9.68 Å². The molecule has 2 heterocycles. The second-order valence-electron chi connectivity index (χ2n) is 3.82. The van der Waals surface area contributed by atoms with Crippen molar-refractivity contribution in [1.82, 2.24) is 4.98 Å². The van der Waals surface area contributed by atoms with Crippen molar-refractivity contribution in [1.29, 1.82) is 5.26 Å². The molecule has 0 saturated heterocycles. The molecule has 1 N–H and O–H groups in total. The lowest BCUT2D eigenvalue weighted by Crippen LogP contribution is -2.03. The largest absolute Gasteiger partial charge is 0.465 e. The molecule has 7 nitrogen and oxygen atoms in total. The van der Waals surface area contributed by atoms with Crippen LogP contribution in [0.5, 0.6) is 0 Å². The normalized spacial score (nSPS) is 9.89. The van der Waals surface area contributed by atoms with Gasteiger partial charge in [-0.25, -0.2) is 4.98 Å². The molecule has 2 aromatic rings. The van der Waals surface area contributed by atoms with Crippen LogP contribution >= 0.6 is 0 Å². The van der Waals surface area contributed by atoms with Crippen LogP contribution in [0.2, 0.25) is 0 Å². The van der Waals surface area contributed by atoms with Crippen LogP contribution in [-0.4, -0.2) is 9.91 Å². The Morgan fingerprint density at radius 2 is 2.37 bits per heavy atom. The summed E-state index contributed by atoms with van der Waals surface area (Å²) in [6, 6.07) is 6.69. The topological polar surface area (TPSA) is 105 Å². The number of nitriles is 1. The Labute approximate surface area is 108 Å². The lowest BCUT2D eigenvalue weighted by Gasteiger charge is -2.04. The van der Waals surface area contributed by atoms with E-state index in [-0.39, 0.29) is 11.3 Å². The lowest BCUT2D eigenvalue weighted by molar-refractivity contribution is -0.385. The highest BCUT2D eigenvalue weighted by Crippen LogP contribution is 2.19. The Morgan fingerprint density at radius 3 is 2.95 bits per heavy atom. The predicted octanol–water partition coefficient (Wildman–Crippen LogP) is 2.38. The number of nitro groups is 1. The average Bonchev–Trinajstić information content (AvgIpc) is 2.81. The van der Waals surface area contributed by atoms with E-state index >= 15 is 0 Å². The molecular weight excluding hydrogens is 248 g/mol. The first-order chi connectivity index (χ1) is 9.10. The SMILES string of the molecule is Cc1ccc(CNc2ncc([N+](=O)[O-])cc2C#N)o1. The van der Waals surface area contributed by atoms with Gasteiger partial charge in [0.1, 0.15) is 35.2 Å². The Kier molecular flexibility index (Phi) is 3.43. The number of hydrogen-bond acceptors (Lipinski definition) is 6. The smallest absolute Gasteiger partial charge is 0.289 e. The van der Waals surface area contributed by atoms with Crippen molar-refractivity contribution >= 4 is 11.5 Å². The van der Waals surface area contributed by atoms with Crippen LogP contribution in [0.3, 0.4) is 0 Å². The number of aryl methyl sites for hydroxylation is 1. The molecule has 0 saturated carbocycles. The van der Waals surface area contributed by atoms with Crippen LogP contribution in [0.4, 0.5) is 11.5 Å². The number of anilines is 1. The summed E-state index contributed by atoms with van der Waals surface area (Å²) in [5, 5.41) is 22.4. The summed E-state index contributed by atoms with van der Waals surface area (Å²) in [6.07, 6.45) is 1.11. The molecule has 19 heavy (non-hydrogen) atoms. The van der Waals surface area contributed by atoms with Crippen LogP contribution in [0, 0.1) is 28.4 Å². The number of rotatable bonds is 4. The zero-order chi connectivity index (χ0) is 13.8. The Hall–Kier alpha value is -2.88. The molecule has 0 aliphatic rings. The van der Waals surface area contributed by atoms with Gasteiger partial charge in [-0.05, 0) is 19.1 Å². The third-order valence-corrected chi connectivity index (χ3v) is 2.43. The summed E-state index contributed by atoms with van der Waals surface area (Å²) in [6.45, 7) is 2.18. The van der Waals surface area contributed by atoms with Crippen LogP contribution in [-0.2, 0) is 6.54 Å². The summed E-state index contributed by atoms with van der Waals surface area (Å²) < 4.78 is 5.36. The number of nitrogens with one attached hydrogen (secondary N) is 1. The molecular formula is C12H10N4O3. The van der Waals surface area contributed by atoms with Gasteiger partial charge in [0, 0.05) is 6.07 Å². The fourth-order valence-electron chi connectivity index (χ4n) is 1.53. The van der Waals surface area contributed by atoms with E-state index in [0.29, 0.717) is 18.1 Å². The average molecular weight is 258 g/mol. The van der Waals surface area contributed by atoms with Gasteiger partial charge in [-0.1, -0.05) is 0 Å². The quantitative estimate of drug-likeness (QED) is 0.666. The maximum atomic E-state index is 10.6. The van der Waals surface area contributed by atoms with Gasteiger partial charge >= 0.3 is 0 Å². The fraction of sp³-hybridized carbons (Fsp3) is 0.167. The first-order valence-electron chi connectivity index (χ1n) is 5.44. The third kappa shape index (κ3) is 2.87. The first-order valence-corrected chi connectivity index (χ1v) is 5.44. The zero-order valence-electron chi connectivity index (χ0n) is 10.1. The van der Waals surface area contributed by atoms with Crippen molar-refractivity contribution in [3.05, 3.63) is 51.6 Å². The summed E-state index contributed by atoms with van der Waals surface area (Å²) in [5.41, 5.74) is -0.0894. The van der Waals surface area contributed by atoms with E-state index < -0.39 is 4.92 Å². The van der Waals surface area contributed by atoms with E-state index in [1.807, 2.05) is 19.1 Å². The molecule has 0 atom stereocenters. The predicted molar refractivity (Wildman–Crippen MR) is 66.4 cm³/mol. The minimum atomic E-state index is -0.590. The summed E-state index contributed by atoms with van der Waals surface area (Å²) in [5.74, 6) is 1.78. The van der Waals surface area contributed by atoms with Crippen LogP contribution in [0.25, 0.3) is 0 Å². The number of hydrogen-bond donors (Lipinski definition) is 1. The molecule has 0 aromatic carbocycles. The van der Waals surface area contributed by atoms with E-state index in [1.54, 1.807) is 6.07 Å². The molecule has 0 fully saturated rings. The molecule has 0 radical (unpaired) electrons. The van der Waals surface area contributed by atoms with Gasteiger partial charge in [-0.2, -0.15) is 5.26 Å². The molecule has 0 unspecified atom stereocenters. The van der Waals surface area contributed by atoms with Crippen molar-refractivity contribution < 1.29 is 9.34 Å². The summed E-state index contributed by atoms with van der Waals surface area (Å²) in [4.78, 5) is 13.9. The van der Waals surface area contributed by atoms with Gasteiger partial charge in [0.15, 0.2) is 0 Å². The Bertz CT molecular complexity index is 657. The summed E-state index contributed by atoms with van der Waals surface area (Å²) in [7, 11) is 0. The maximum absolute atomic E-state index is 10.6. The molecule has 0 aliphatic heterocycles. The third-order valence-electron chi connectivity index (χ3n) is 2.43. The van der Waals surface area contributed by atoms with Gasteiger partial charge in [-0.15, -0.1) is 0 Å². The van der Waals surface area contributed by atoms with Crippen molar-refractivity contribution in [3.63, 3.8) is 0 Å². The van der Waals surface area contributed by atoms with Crippen molar-refractivity contribution in [3.8, 4) is 6.07 Å². The highest BCUT2D eigenvalue weighted by molar-refractivity contribution is 5.55. The lowest BCUT2D eigenvalue weighted by atomic mass is 10.2. The van der Waals surface area contributed by atoms with Crippen molar-refractivity contribution in [2.24, 2.45) is 0 Å². The number of furan rings is 1. The van der Waals surface area contributed by atoms with E-state index in [1.165, 1.54) is 6.07 Å². The molecule has 0 bridgehead atoms. The Morgan fingerprint density at radius 1 is 1.58 bits per heavy atom. The van der Waals surface area contributed by atoms with Crippen LogP contribution in [0.15, 0.2) is 28.8 Å². The minimum absolute atomic E-state index is 0.123. The fourth-order valence-corrected chi connectivity index (χ4v) is 1.53. The maximum Gasteiger partial charge on any atom is 0.289 e. The number of pyridine rings is 1. The van der Waals surface area contributed by atoms with Gasteiger partial charge in [-0.3, -0.25) is 10.1 Å². The standard InChI is InChI=1S/C12H10N4O3/c1-8-2-3-11(19-8)7-15-12-9(5-13)4-10(6-14-12)16(17)18/h2-4,6H,7H2,1H3,(H,14,15). The van der Waals surface area contributed by atoms with Crippen LogP contribution in [0.1, 0.15) is 17.1 Å². The molecule has 0 amide bonds. The van der Waals surface area contributed by atoms with Crippen LogP contribution < -0.4 is 5.32 Å². The molecule has 0 aliphatic carbocycles. The van der Waals surface area contributed by atoms with Crippen molar-refractivity contribution in [2.75, 3.05) is 5.32 Å². The van der Waals surface area contributed by atoms with E-state index in [9.17, 15) is 10.1 Å². The van der Waals surface area contributed by atoms with Gasteiger partial charge in [0.05, 0.1) is 11.5 Å². The second-order valence-corrected chi connectivity index (χ2v) is 3.82. The number of aromatic nitrogens is 1. The molecule has 2 aromatic heterocycles. The summed E-state index contributed by atoms with van der Waals surface area (Å²) >= 11 is 0. The van der Waals surface area contributed by atoms with Gasteiger partial charge in [0.2, 0.25) is 0 Å². The van der Waals surface area contributed by atoms with Crippen molar-refractivity contribution in [2.45, 2.75) is 13.5 Å². The molecule has 0 spiro atoms. The van der Waals surface area contributed by atoms with Gasteiger partial charge in [0.25, 0.3) is 5.69 Å². The number of nitrogens with zero attached hydrogens (tertiary/aromatic N) is 3. The molecule has 2 rings (SSSR count). The second kappa shape index (κ2) is 5.18.